The van der Waals surface area contributed by atoms with Crippen molar-refractivity contribution in [3.63, 3.8) is 0 Å². The number of rotatable bonds is 4. The average Bonchev–Trinajstić information content (AvgIpc) is 2.91. The van der Waals surface area contributed by atoms with Crippen LogP contribution in [0.25, 0.3) is 10.9 Å². The number of nitrogens with one attached hydrogen (secondary N) is 2. The number of carbonyl (C=O) groups excluding carboxylic acids is 2. The highest BCUT2D eigenvalue weighted by Gasteiger charge is 2.39. The number of hydrogen-bond acceptors (Lipinski definition) is 3. The molecule has 0 atom stereocenters. The molecule has 1 aromatic carbocycles. The van der Waals surface area contributed by atoms with Crippen LogP contribution >= 0.6 is 0 Å². The molecule has 4 N–H and O–H groups in total. The van der Waals surface area contributed by atoms with Gasteiger partial charge in [-0.15, -0.1) is 0 Å². The molecule has 3 rings (SSSR count). The van der Waals surface area contributed by atoms with E-state index in [1.165, 1.54) is 0 Å². The Bertz CT molecular complexity index is 701. The van der Waals surface area contributed by atoms with Crippen LogP contribution in [0.4, 0.5) is 0 Å². The molecule has 2 aromatic rings. The SMILES string of the molecule is NC(=O)C1(NC(=O)Cc2[nH]nc3ccccc23)CCCCC1. The van der Waals surface area contributed by atoms with Crippen molar-refractivity contribution in [1.82, 2.24) is 15.5 Å². The molecule has 1 aliphatic rings. The van der Waals surface area contributed by atoms with Crippen LogP contribution in [0, 0.1) is 0 Å². The molecule has 0 spiro atoms. The first-order valence-corrected chi connectivity index (χ1v) is 7.64. The predicted molar refractivity (Wildman–Crippen MR) is 83.0 cm³/mol. The minimum Gasteiger partial charge on any atom is -0.368 e. The number of nitrogens with zero attached hydrogens (tertiary/aromatic N) is 1. The van der Waals surface area contributed by atoms with Gasteiger partial charge in [0.05, 0.1) is 17.6 Å². The molecule has 0 bridgehead atoms. The maximum atomic E-state index is 12.4. The quantitative estimate of drug-likeness (QED) is 0.795. The molecule has 2 amide bonds. The minimum atomic E-state index is -0.884. The first-order valence-electron chi connectivity index (χ1n) is 7.64. The summed E-state index contributed by atoms with van der Waals surface area (Å²) in [6, 6.07) is 7.62. The summed E-state index contributed by atoms with van der Waals surface area (Å²) in [6.07, 6.45) is 4.31. The average molecular weight is 300 g/mol. The van der Waals surface area contributed by atoms with Crippen molar-refractivity contribution in [3.05, 3.63) is 30.0 Å². The Labute approximate surface area is 128 Å². The molecule has 0 aliphatic heterocycles. The molecule has 1 saturated carbocycles. The summed E-state index contributed by atoms with van der Waals surface area (Å²) >= 11 is 0. The molecular formula is C16H20N4O2. The molecule has 0 saturated heterocycles. The van der Waals surface area contributed by atoms with Gasteiger partial charge in [-0.25, -0.2) is 0 Å². The second kappa shape index (κ2) is 5.79. The molecule has 6 heteroatoms. The van der Waals surface area contributed by atoms with E-state index in [1.807, 2.05) is 24.3 Å². The van der Waals surface area contributed by atoms with Crippen molar-refractivity contribution >= 4 is 22.7 Å². The molecule has 1 fully saturated rings. The van der Waals surface area contributed by atoms with Gasteiger partial charge in [0, 0.05) is 5.39 Å². The third-order valence-corrected chi connectivity index (χ3v) is 4.44. The van der Waals surface area contributed by atoms with Gasteiger partial charge in [-0.3, -0.25) is 14.7 Å². The fraction of sp³-hybridized carbons (Fsp3) is 0.438. The van der Waals surface area contributed by atoms with Crippen molar-refractivity contribution < 1.29 is 9.59 Å². The molecular weight excluding hydrogens is 280 g/mol. The largest absolute Gasteiger partial charge is 0.368 e. The lowest BCUT2D eigenvalue weighted by molar-refractivity contribution is -0.132. The third-order valence-electron chi connectivity index (χ3n) is 4.44. The Morgan fingerprint density at radius 2 is 1.95 bits per heavy atom. The van der Waals surface area contributed by atoms with Gasteiger partial charge >= 0.3 is 0 Å². The van der Waals surface area contributed by atoms with E-state index in [0.29, 0.717) is 12.8 Å². The first kappa shape index (κ1) is 14.6. The van der Waals surface area contributed by atoms with Gasteiger partial charge in [-0.1, -0.05) is 37.5 Å². The number of fused-ring (bicyclic) bond motifs is 1. The molecule has 1 heterocycles. The van der Waals surface area contributed by atoms with E-state index in [1.54, 1.807) is 0 Å². The second-order valence-corrected chi connectivity index (χ2v) is 5.95. The summed E-state index contributed by atoms with van der Waals surface area (Å²) in [5, 5.41) is 10.9. The number of aromatic nitrogens is 2. The number of primary amides is 1. The lowest BCUT2D eigenvalue weighted by Crippen LogP contribution is -2.58. The Balaban J connectivity index is 1.75. The van der Waals surface area contributed by atoms with E-state index < -0.39 is 11.4 Å². The van der Waals surface area contributed by atoms with E-state index in [4.69, 9.17) is 5.73 Å². The van der Waals surface area contributed by atoms with Crippen LogP contribution in [0.2, 0.25) is 0 Å². The first-order chi connectivity index (χ1) is 10.6. The van der Waals surface area contributed by atoms with E-state index in [0.717, 1.165) is 35.9 Å². The van der Waals surface area contributed by atoms with Gasteiger partial charge < -0.3 is 11.1 Å². The predicted octanol–water partition coefficient (Wildman–Crippen LogP) is 1.41. The highest BCUT2D eigenvalue weighted by Crippen LogP contribution is 2.28. The zero-order valence-electron chi connectivity index (χ0n) is 12.4. The number of carbonyl (C=O) groups is 2. The molecule has 1 aliphatic carbocycles. The van der Waals surface area contributed by atoms with Crippen LogP contribution in [0.3, 0.4) is 0 Å². The number of para-hydroxylation sites is 1. The molecule has 22 heavy (non-hydrogen) atoms. The summed E-state index contributed by atoms with van der Waals surface area (Å²) in [7, 11) is 0. The van der Waals surface area contributed by atoms with E-state index in [9.17, 15) is 9.59 Å². The van der Waals surface area contributed by atoms with Crippen molar-refractivity contribution in [2.75, 3.05) is 0 Å². The molecule has 6 nitrogen and oxygen atoms in total. The second-order valence-electron chi connectivity index (χ2n) is 5.95. The highest BCUT2D eigenvalue weighted by molar-refractivity contribution is 5.92. The summed E-state index contributed by atoms with van der Waals surface area (Å²) in [5.41, 5.74) is 6.24. The summed E-state index contributed by atoms with van der Waals surface area (Å²) in [4.78, 5) is 24.2. The normalized spacial score (nSPS) is 17.3. The number of aromatic amines is 1. The zero-order valence-corrected chi connectivity index (χ0v) is 12.4. The topological polar surface area (TPSA) is 101 Å². The van der Waals surface area contributed by atoms with Gasteiger partial charge in [0.1, 0.15) is 5.54 Å². The number of nitrogens with two attached hydrogens (primary N) is 1. The van der Waals surface area contributed by atoms with Gasteiger partial charge in [0.15, 0.2) is 0 Å². The highest BCUT2D eigenvalue weighted by atomic mass is 16.2. The number of hydrogen-bond donors (Lipinski definition) is 3. The van der Waals surface area contributed by atoms with Gasteiger partial charge in [-0.05, 0) is 18.9 Å². The van der Waals surface area contributed by atoms with Crippen LogP contribution in [-0.4, -0.2) is 27.6 Å². The van der Waals surface area contributed by atoms with Crippen LogP contribution in [0.5, 0.6) is 0 Å². The summed E-state index contributed by atoms with van der Waals surface area (Å²) in [5.74, 6) is -0.634. The lowest BCUT2D eigenvalue weighted by Gasteiger charge is -2.35. The van der Waals surface area contributed by atoms with E-state index in [2.05, 4.69) is 15.5 Å². The standard InChI is InChI=1S/C16H20N4O2/c17-15(22)16(8-4-1-5-9-16)18-14(21)10-13-11-6-2-3-7-12(11)19-20-13/h2-3,6-7H,1,4-5,8-10H2,(H2,17,22)(H,18,21)(H,19,20). The monoisotopic (exact) mass is 300 g/mol. The van der Waals surface area contributed by atoms with Crippen molar-refractivity contribution in [1.29, 1.82) is 0 Å². The van der Waals surface area contributed by atoms with E-state index in [-0.39, 0.29) is 12.3 Å². The van der Waals surface area contributed by atoms with Crippen LogP contribution in [0.1, 0.15) is 37.8 Å². The molecule has 0 radical (unpaired) electrons. The Morgan fingerprint density at radius 1 is 1.23 bits per heavy atom. The van der Waals surface area contributed by atoms with Gasteiger partial charge in [0.2, 0.25) is 11.8 Å². The third kappa shape index (κ3) is 2.68. The van der Waals surface area contributed by atoms with E-state index >= 15 is 0 Å². The summed E-state index contributed by atoms with van der Waals surface area (Å²) in [6.45, 7) is 0. The van der Waals surface area contributed by atoms with Crippen molar-refractivity contribution in [3.8, 4) is 0 Å². The van der Waals surface area contributed by atoms with Crippen LogP contribution < -0.4 is 11.1 Å². The molecule has 1 aromatic heterocycles. The molecule has 116 valence electrons. The summed E-state index contributed by atoms with van der Waals surface area (Å²) < 4.78 is 0. The minimum absolute atomic E-state index is 0.162. The Kier molecular flexibility index (Phi) is 3.83. The van der Waals surface area contributed by atoms with Crippen molar-refractivity contribution in [2.24, 2.45) is 5.73 Å². The maximum absolute atomic E-state index is 12.4. The Morgan fingerprint density at radius 3 is 2.68 bits per heavy atom. The fourth-order valence-corrected chi connectivity index (χ4v) is 3.21. The lowest BCUT2D eigenvalue weighted by atomic mass is 9.81. The van der Waals surface area contributed by atoms with Crippen LogP contribution in [-0.2, 0) is 16.0 Å². The Hall–Kier alpha value is -2.37. The number of amides is 2. The number of benzene rings is 1. The smallest absolute Gasteiger partial charge is 0.243 e. The van der Waals surface area contributed by atoms with Crippen LogP contribution in [0.15, 0.2) is 24.3 Å². The van der Waals surface area contributed by atoms with Gasteiger partial charge in [-0.2, -0.15) is 5.10 Å². The number of H-pyrrole nitrogens is 1. The molecule has 0 unspecified atom stereocenters. The maximum Gasteiger partial charge on any atom is 0.243 e. The zero-order chi connectivity index (χ0) is 15.6. The fourth-order valence-electron chi connectivity index (χ4n) is 3.21. The van der Waals surface area contributed by atoms with Crippen molar-refractivity contribution in [2.45, 2.75) is 44.1 Å². The van der Waals surface area contributed by atoms with Gasteiger partial charge in [0.25, 0.3) is 0 Å².